The second kappa shape index (κ2) is 12.5. The molecule has 1 fully saturated rings. The lowest BCUT2D eigenvalue weighted by Crippen LogP contribution is -2.48. The topological polar surface area (TPSA) is 42.9 Å². The zero-order chi connectivity index (χ0) is 20.6. The highest BCUT2D eigenvalue weighted by molar-refractivity contribution is 14.0. The van der Waals surface area contributed by atoms with Gasteiger partial charge in [-0.3, -0.25) is 4.90 Å². The van der Waals surface area contributed by atoms with E-state index in [9.17, 15) is 0 Å². The number of halogens is 1. The van der Waals surface area contributed by atoms with Crippen LogP contribution in [0.25, 0.3) is 0 Å². The van der Waals surface area contributed by atoms with Gasteiger partial charge in [0.25, 0.3) is 0 Å². The smallest absolute Gasteiger partial charge is 0.191 e. The molecule has 1 saturated heterocycles. The summed E-state index contributed by atoms with van der Waals surface area (Å²) in [6, 6.07) is 11.5. The number of piperidine rings is 1. The summed E-state index contributed by atoms with van der Waals surface area (Å²) >= 11 is 1.79. The molecule has 4 rings (SSSR count). The van der Waals surface area contributed by atoms with E-state index in [0.717, 1.165) is 58.1 Å². The molecule has 7 heteroatoms. The molecule has 5 nitrogen and oxygen atoms in total. The molecule has 2 aliphatic rings. The predicted molar refractivity (Wildman–Crippen MR) is 144 cm³/mol. The van der Waals surface area contributed by atoms with E-state index in [-0.39, 0.29) is 24.0 Å². The lowest BCUT2D eigenvalue weighted by Gasteiger charge is -2.33. The molecule has 0 radical (unpaired) electrons. The molecule has 31 heavy (non-hydrogen) atoms. The Kier molecular flexibility index (Phi) is 9.67. The van der Waals surface area contributed by atoms with E-state index in [4.69, 9.17) is 4.99 Å². The van der Waals surface area contributed by atoms with Crippen LogP contribution in [0.15, 0.2) is 58.2 Å². The van der Waals surface area contributed by atoms with Gasteiger partial charge in [-0.25, -0.2) is 4.99 Å². The van der Waals surface area contributed by atoms with Crippen LogP contribution < -0.4 is 15.5 Å². The van der Waals surface area contributed by atoms with Crippen LogP contribution in [0, 0.1) is 0 Å². The van der Waals surface area contributed by atoms with Gasteiger partial charge in [0, 0.05) is 51.0 Å². The molecule has 0 unspecified atom stereocenters. The molecule has 1 aromatic heterocycles. The first-order valence-corrected chi connectivity index (χ1v) is 12.0. The fraction of sp³-hybridized carbons (Fsp3) is 0.458. The van der Waals surface area contributed by atoms with Crippen molar-refractivity contribution in [1.82, 2.24) is 15.5 Å². The minimum Gasteiger partial charge on any atom is -0.364 e. The van der Waals surface area contributed by atoms with Gasteiger partial charge in [-0.1, -0.05) is 24.3 Å². The van der Waals surface area contributed by atoms with Gasteiger partial charge >= 0.3 is 0 Å². The predicted octanol–water partition coefficient (Wildman–Crippen LogP) is 4.46. The van der Waals surface area contributed by atoms with E-state index < -0.39 is 0 Å². The second-order valence-corrected chi connectivity index (χ2v) is 8.84. The average Bonchev–Trinajstić information content (AvgIpc) is 3.48. The van der Waals surface area contributed by atoms with Gasteiger partial charge in [0.15, 0.2) is 5.96 Å². The van der Waals surface area contributed by atoms with Gasteiger partial charge in [0.1, 0.15) is 0 Å². The van der Waals surface area contributed by atoms with Crippen molar-refractivity contribution in [3.63, 3.8) is 0 Å². The number of thiophene rings is 1. The summed E-state index contributed by atoms with van der Waals surface area (Å²) < 4.78 is 0. The van der Waals surface area contributed by atoms with E-state index in [1.54, 1.807) is 11.3 Å². The van der Waals surface area contributed by atoms with Crippen molar-refractivity contribution in [3.8, 4) is 0 Å². The van der Waals surface area contributed by atoms with Crippen molar-refractivity contribution >= 4 is 47.0 Å². The van der Waals surface area contributed by atoms with Crippen molar-refractivity contribution in [2.24, 2.45) is 4.99 Å². The molecular weight excluding hydrogens is 517 g/mol. The van der Waals surface area contributed by atoms with E-state index in [2.05, 4.69) is 80.6 Å². The average molecular weight is 552 g/mol. The Morgan fingerprint density at radius 1 is 1.06 bits per heavy atom. The largest absolute Gasteiger partial charge is 0.364 e. The Hall–Kier alpha value is -1.58. The number of hydrogen-bond acceptors (Lipinski definition) is 4. The highest BCUT2D eigenvalue weighted by Crippen LogP contribution is 2.18. The quantitative estimate of drug-likeness (QED) is 0.231. The molecule has 0 aliphatic carbocycles. The number of nitrogens with one attached hydrogen (secondary N) is 2. The summed E-state index contributed by atoms with van der Waals surface area (Å²) in [5.74, 6) is 0.932. The molecule has 0 atom stereocenters. The molecule has 1 aromatic carbocycles. The second-order valence-electron chi connectivity index (χ2n) is 8.06. The summed E-state index contributed by atoms with van der Waals surface area (Å²) in [7, 11) is 0. The molecule has 2 aliphatic heterocycles. The summed E-state index contributed by atoms with van der Waals surface area (Å²) in [6.07, 6.45) is 6.76. The van der Waals surface area contributed by atoms with Crippen molar-refractivity contribution in [2.45, 2.75) is 38.9 Å². The fourth-order valence-electron chi connectivity index (χ4n) is 4.06. The normalized spacial score (nSPS) is 17.6. The first-order chi connectivity index (χ1) is 14.8. The van der Waals surface area contributed by atoms with Crippen LogP contribution >= 0.6 is 35.3 Å². The van der Waals surface area contributed by atoms with Gasteiger partial charge in [0.2, 0.25) is 0 Å². The number of aliphatic imine (C=N–C) groups is 1. The number of hydrogen-bond donors (Lipinski definition) is 2. The van der Waals surface area contributed by atoms with Crippen LogP contribution in [0.1, 0.15) is 30.9 Å². The standard InChI is InChI=1S/C24H33N5S.HI/c1-2-25-24(26-17-20-5-7-23(8-6-20)29-12-3-4-13-29)27-22-9-14-28(15-10-22)18-21-11-16-30-19-21;/h3-8,11,16,19,22H,2,9-10,12-15,17-18H2,1H3,(H2,25,26,27);1H. The molecule has 0 saturated carbocycles. The number of likely N-dealkylation sites (tertiary alicyclic amines) is 1. The minimum atomic E-state index is 0. The highest BCUT2D eigenvalue weighted by atomic mass is 127. The number of benzene rings is 1. The van der Waals surface area contributed by atoms with E-state index in [0.29, 0.717) is 12.6 Å². The summed E-state index contributed by atoms with van der Waals surface area (Å²) in [4.78, 5) is 9.76. The summed E-state index contributed by atoms with van der Waals surface area (Å²) in [6.45, 7) is 9.08. The fourth-order valence-corrected chi connectivity index (χ4v) is 4.72. The Labute approximate surface area is 207 Å². The van der Waals surface area contributed by atoms with Gasteiger partial charge in [-0.2, -0.15) is 11.3 Å². The van der Waals surface area contributed by atoms with Crippen LogP contribution in [0.2, 0.25) is 0 Å². The molecular formula is C24H34IN5S. The van der Waals surface area contributed by atoms with Crippen molar-refractivity contribution in [3.05, 3.63) is 64.4 Å². The van der Waals surface area contributed by atoms with E-state index in [1.807, 2.05) is 0 Å². The zero-order valence-corrected chi connectivity index (χ0v) is 21.4. The number of rotatable bonds is 7. The summed E-state index contributed by atoms with van der Waals surface area (Å²) in [5, 5.41) is 11.5. The molecule has 0 spiro atoms. The Morgan fingerprint density at radius 2 is 1.81 bits per heavy atom. The lowest BCUT2D eigenvalue weighted by molar-refractivity contribution is 0.198. The maximum atomic E-state index is 4.84. The van der Waals surface area contributed by atoms with Crippen LogP contribution in [0.4, 0.5) is 5.69 Å². The van der Waals surface area contributed by atoms with Crippen molar-refractivity contribution in [1.29, 1.82) is 0 Å². The third kappa shape index (κ3) is 7.22. The molecule has 3 heterocycles. The molecule has 0 bridgehead atoms. The molecule has 2 aromatic rings. The van der Waals surface area contributed by atoms with E-state index in [1.165, 1.54) is 16.8 Å². The van der Waals surface area contributed by atoms with Gasteiger partial charge in [0.05, 0.1) is 6.54 Å². The maximum Gasteiger partial charge on any atom is 0.191 e. The van der Waals surface area contributed by atoms with Gasteiger partial charge in [-0.05, 0) is 59.9 Å². The lowest BCUT2D eigenvalue weighted by atomic mass is 10.0. The van der Waals surface area contributed by atoms with Crippen LogP contribution in [0.3, 0.4) is 0 Å². The number of anilines is 1. The van der Waals surface area contributed by atoms with Crippen molar-refractivity contribution in [2.75, 3.05) is 37.6 Å². The Balaban J connectivity index is 0.00000272. The summed E-state index contributed by atoms with van der Waals surface area (Å²) in [5.41, 5.74) is 3.97. The first-order valence-electron chi connectivity index (χ1n) is 11.1. The van der Waals surface area contributed by atoms with E-state index >= 15 is 0 Å². The van der Waals surface area contributed by atoms with Crippen LogP contribution in [-0.4, -0.2) is 49.6 Å². The number of guanidine groups is 1. The minimum absolute atomic E-state index is 0. The van der Waals surface area contributed by atoms with Crippen LogP contribution in [-0.2, 0) is 13.1 Å². The number of nitrogens with zero attached hydrogens (tertiary/aromatic N) is 3. The van der Waals surface area contributed by atoms with Gasteiger partial charge < -0.3 is 15.5 Å². The van der Waals surface area contributed by atoms with Crippen molar-refractivity contribution < 1.29 is 0 Å². The molecule has 2 N–H and O–H groups in total. The Bertz CT molecular complexity index is 818. The third-order valence-electron chi connectivity index (χ3n) is 5.80. The molecule has 0 amide bonds. The monoisotopic (exact) mass is 551 g/mol. The zero-order valence-electron chi connectivity index (χ0n) is 18.3. The highest BCUT2D eigenvalue weighted by Gasteiger charge is 2.20. The third-order valence-corrected chi connectivity index (χ3v) is 6.53. The maximum absolute atomic E-state index is 4.84. The first kappa shape index (κ1) is 24.1. The SMILES string of the molecule is CCNC(=NCc1ccc(N2CC=CC2)cc1)NC1CCN(Cc2ccsc2)CC1.I. The van der Waals surface area contributed by atoms with Crippen LogP contribution in [0.5, 0.6) is 0 Å². The molecule has 168 valence electrons. The Morgan fingerprint density at radius 3 is 2.45 bits per heavy atom. The van der Waals surface area contributed by atoms with Gasteiger partial charge in [-0.15, -0.1) is 24.0 Å².